The first kappa shape index (κ1) is 15.9. The van der Waals surface area contributed by atoms with Gasteiger partial charge in [0.1, 0.15) is 6.54 Å². The van der Waals surface area contributed by atoms with Crippen LogP contribution in [0, 0.1) is 13.8 Å². The molecule has 0 atom stereocenters. The molecule has 0 aliphatic rings. The van der Waals surface area contributed by atoms with Crippen LogP contribution in [0.1, 0.15) is 35.6 Å². The average Bonchev–Trinajstić information content (AvgIpc) is 2.81. The van der Waals surface area contributed by atoms with Gasteiger partial charge in [0.05, 0.1) is 5.69 Å². The fraction of sp³-hybridized carbons (Fsp3) is 0.375. The topological polar surface area (TPSA) is 68.1 Å². The molecular weight excluding hydrogens is 280 g/mol. The minimum Gasteiger partial charge on any atom is -0.311 e. The van der Waals surface area contributed by atoms with E-state index in [0.717, 1.165) is 11.3 Å². The molecule has 0 radical (unpaired) electrons. The van der Waals surface area contributed by atoms with Gasteiger partial charge in [-0.15, -0.1) is 5.10 Å². The quantitative estimate of drug-likeness (QED) is 0.793. The number of Topliss-reactive ketones (excluding diaryl/α,β-unsaturated/α-hetero) is 1. The number of benzene rings is 1. The van der Waals surface area contributed by atoms with Crippen molar-refractivity contribution < 1.29 is 9.59 Å². The van der Waals surface area contributed by atoms with Crippen LogP contribution in [0.25, 0.3) is 0 Å². The van der Waals surface area contributed by atoms with Crippen LogP contribution in [-0.2, 0) is 11.3 Å². The summed E-state index contributed by atoms with van der Waals surface area (Å²) >= 11 is 0. The molecule has 6 heteroatoms. The van der Waals surface area contributed by atoms with Gasteiger partial charge in [0.15, 0.2) is 11.5 Å². The molecule has 0 bridgehead atoms. The van der Waals surface area contributed by atoms with Gasteiger partial charge >= 0.3 is 0 Å². The van der Waals surface area contributed by atoms with Gasteiger partial charge in [0.2, 0.25) is 5.91 Å². The van der Waals surface area contributed by atoms with Crippen molar-refractivity contribution in [1.29, 1.82) is 0 Å². The van der Waals surface area contributed by atoms with Crippen molar-refractivity contribution in [3.63, 3.8) is 0 Å². The zero-order valence-electron chi connectivity index (χ0n) is 13.3. The van der Waals surface area contributed by atoms with Crippen molar-refractivity contribution in [1.82, 2.24) is 15.0 Å². The van der Waals surface area contributed by atoms with E-state index in [-0.39, 0.29) is 18.2 Å². The number of likely N-dealkylation sites (N-methyl/N-ethyl adjacent to an activating group) is 1. The van der Waals surface area contributed by atoms with Crippen molar-refractivity contribution in [3.05, 3.63) is 41.2 Å². The van der Waals surface area contributed by atoms with Gasteiger partial charge in [-0.1, -0.05) is 17.3 Å². The maximum atomic E-state index is 12.5. The molecule has 0 unspecified atom stereocenters. The molecule has 1 amide bonds. The fourth-order valence-corrected chi connectivity index (χ4v) is 2.35. The Labute approximate surface area is 129 Å². The number of carbonyl (C=O) groups is 2. The summed E-state index contributed by atoms with van der Waals surface area (Å²) in [5, 5.41) is 7.74. The van der Waals surface area contributed by atoms with E-state index in [1.165, 1.54) is 11.6 Å². The Morgan fingerprint density at radius 3 is 2.55 bits per heavy atom. The van der Waals surface area contributed by atoms with Crippen molar-refractivity contribution in [2.75, 3.05) is 11.4 Å². The number of aromatic nitrogens is 3. The van der Waals surface area contributed by atoms with Crippen LogP contribution < -0.4 is 4.90 Å². The van der Waals surface area contributed by atoms with E-state index in [1.807, 2.05) is 38.1 Å². The lowest BCUT2D eigenvalue weighted by molar-refractivity contribution is -0.119. The molecule has 0 aliphatic heterocycles. The number of hydrogen-bond donors (Lipinski definition) is 0. The second kappa shape index (κ2) is 6.51. The first-order valence-corrected chi connectivity index (χ1v) is 7.22. The van der Waals surface area contributed by atoms with Crippen LogP contribution in [-0.4, -0.2) is 33.2 Å². The summed E-state index contributed by atoms with van der Waals surface area (Å²) in [7, 11) is 0. The third-order valence-corrected chi connectivity index (χ3v) is 3.53. The molecule has 1 heterocycles. The second-order valence-electron chi connectivity index (χ2n) is 5.21. The largest absolute Gasteiger partial charge is 0.311 e. The van der Waals surface area contributed by atoms with Gasteiger partial charge < -0.3 is 4.90 Å². The van der Waals surface area contributed by atoms with E-state index in [0.29, 0.717) is 17.9 Å². The molecule has 1 aromatic carbocycles. The van der Waals surface area contributed by atoms with Crippen molar-refractivity contribution in [3.8, 4) is 0 Å². The summed E-state index contributed by atoms with van der Waals surface area (Å²) < 4.78 is 1.47. The summed E-state index contributed by atoms with van der Waals surface area (Å²) in [4.78, 5) is 25.6. The van der Waals surface area contributed by atoms with E-state index in [9.17, 15) is 9.59 Å². The third-order valence-electron chi connectivity index (χ3n) is 3.53. The number of nitrogens with zero attached hydrogens (tertiary/aromatic N) is 4. The van der Waals surface area contributed by atoms with Crippen molar-refractivity contribution in [2.45, 2.75) is 34.2 Å². The number of hydrogen-bond acceptors (Lipinski definition) is 4. The number of ketones is 1. The van der Waals surface area contributed by atoms with Crippen LogP contribution in [0.4, 0.5) is 5.69 Å². The minimum absolute atomic E-state index is 0.0634. The van der Waals surface area contributed by atoms with Crippen molar-refractivity contribution >= 4 is 17.4 Å². The summed E-state index contributed by atoms with van der Waals surface area (Å²) in [5.74, 6) is -0.238. The summed E-state index contributed by atoms with van der Waals surface area (Å²) in [6, 6.07) is 7.79. The molecule has 0 saturated heterocycles. The Morgan fingerprint density at radius 2 is 2.00 bits per heavy atom. The Bertz CT molecular complexity index is 706. The average molecular weight is 300 g/mol. The summed E-state index contributed by atoms with van der Waals surface area (Å²) in [6.07, 6.45) is 0. The van der Waals surface area contributed by atoms with E-state index in [4.69, 9.17) is 0 Å². The van der Waals surface area contributed by atoms with Crippen LogP contribution in [0.2, 0.25) is 0 Å². The Hall–Kier alpha value is -2.50. The number of aryl methyl sites for hydroxylation is 1. The maximum Gasteiger partial charge on any atom is 0.248 e. The predicted octanol–water partition coefficient (Wildman–Crippen LogP) is 2.15. The van der Waals surface area contributed by atoms with Gasteiger partial charge in [-0.05, 0) is 38.5 Å². The standard InChI is InChI=1S/C16H20N4O2/c1-5-19(14-8-6-7-11(2)9-14)15(22)10-20-12(3)16(13(4)21)17-18-20/h6-9H,5,10H2,1-4H3. The van der Waals surface area contributed by atoms with Gasteiger partial charge in [-0.2, -0.15) is 0 Å². The molecular formula is C16H20N4O2. The minimum atomic E-state index is -0.151. The number of rotatable bonds is 5. The first-order chi connectivity index (χ1) is 10.4. The highest BCUT2D eigenvalue weighted by molar-refractivity contribution is 5.94. The summed E-state index contributed by atoms with van der Waals surface area (Å²) in [6.45, 7) is 7.72. The molecule has 1 aromatic heterocycles. The molecule has 0 spiro atoms. The Morgan fingerprint density at radius 1 is 1.27 bits per heavy atom. The highest BCUT2D eigenvalue weighted by Crippen LogP contribution is 2.16. The lowest BCUT2D eigenvalue weighted by Crippen LogP contribution is -2.34. The Kier molecular flexibility index (Phi) is 4.70. The number of carbonyl (C=O) groups excluding carboxylic acids is 2. The molecule has 0 N–H and O–H groups in total. The second-order valence-corrected chi connectivity index (χ2v) is 5.21. The summed E-state index contributed by atoms with van der Waals surface area (Å²) in [5.41, 5.74) is 2.88. The van der Waals surface area contributed by atoms with Gasteiger partial charge in [0, 0.05) is 19.2 Å². The maximum absolute atomic E-state index is 12.5. The lowest BCUT2D eigenvalue weighted by atomic mass is 10.2. The molecule has 6 nitrogen and oxygen atoms in total. The first-order valence-electron chi connectivity index (χ1n) is 7.22. The smallest absolute Gasteiger partial charge is 0.248 e. The molecule has 0 aliphatic carbocycles. The molecule has 2 aromatic rings. The van der Waals surface area contributed by atoms with Gasteiger partial charge in [0.25, 0.3) is 0 Å². The Balaban J connectivity index is 2.21. The zero-order valence-corrected chi connectivity index (χ0v) is 13.3. The van der Waals surface area contributed by atoms with Crippen LogP contribution in [0.3, 0.4) is 0 Å². The van der Waals surface area contributed by atoms with Gasteiger partial charge in [-0.3, -0.25) is 9.59 Å². The normalized spacial score (nSPS) is 10.5. The molecule has 116 valence electrons. The number of anilines is 1. The van der Waals surface area contributed by atoms with Crippen LogP contribution in [0.5, 0.6) is 0 Å². The van der Waals surface area contributed by atoms with E-state index >= 15 is 0 Å². The highest BCUT2D eigenvalue weighted by atomic mass is 16.2. The van der Waals surface area contributed by atoms with Gasteiger partial charge in [-0.25, -0.2) is 4.68 Å². The molecule has 22 heavy (non-hydrogen) atoms. The number of amides is 1. The zero-order chi connectivity index (χ0) is 16.3. The molecule has 0 fully saturated rings. The van der Waals surface area contributed by atoms with Crippen LogP contribution in [0.15, 0.2) is 24.3 Å². The van der Waals surface area contributed by atoms with E-state index < -0.39 is 0 Å². The van der Waals surface area contributed by atoms with E-state index in [1.54, 1.807) is 11.8 Å². The SMILES string of the molecule is CCN(C(=O)Cn1nnc(C(C)=O)c1C)c1cccc(C)c1. The van der Waals surface area contributed by atoms with Crippen LogP contribution >= 0.6 is 0 Å². The monoisotopic (exact) mass is 300 g/mol. The molecule has 2 rings (SSSR count). The van der Waals surface area contributed by atoms with Crippen molar-refractivity contribution in [2.24, 2.45) is 0 Å². The fourth-order valence-electron chi connectivity index (χ4n) is 2.35. The third kappa shape index (κ3) is 3.21. The highest BCUT2D eigenvalue weighted by Gasteiger charge is 2.18. The predicted molar refractivity (Wildman–Crippen MR) is 84.0 cm³/mol. The lowest BCUT2D eigenvalue weighted by Gasteiger charge is -2.21. The van der Waals surface area contributed by atoms with E-state index in [2.05, 4.69) is 10.3 Å². The molecule has 0 saturated carbocycles.